The molecule has 0 aliphatic carbocycles. The molecule has 21 heavy (non-hydrogen) atoms. The molecule has 2 rings (SSSR count). The standard InChI is InChI=1S/C14H23N5O2/c1-4-10-9-11(18(3)16-10)12(20)19-7-5-14(2,6-8-19)13(15)17-21/h9,21H,4-8H2,1-3H3,(H2,15,17). The SMILES string of the molecule is CCc1cc(C(=O)N2CCC(C)(/C(N)=N/O)CC2)n(C)n1. The molecule has 0 saturated carbocycles. The fourth-order valence-electron chi connectivity index (χ4n) is 2.64. The van der Waals surface area contributed by atoms with Crippen LogP contribution in [0.5, 0.6) is 0 Å². The van der Waals surface area contributed by atoms with Crippen molar-refractivity contribution in [1.29, 1.82) is 0 Å². The van der Waals surface area contributed by atoms with Crippen LogP contribution in [0.1, 0.15) is 42.9 Å². The zero-order valence-corrected chi connectivity index (χ0v) is 12.8. The maximum atomic E-state index is 12.6. The summed E-state index contributed by atoms with van der Waals surface area (Å²) >= 11 is 0. The lowest BCUT2D eigenvalue weighted by Gasteiger charge is -2.38. The zero-order valence-electron chi connectivity index (χ0n) is 12.8. The highest BCUT2D eigenvalue weighted by atomic mass is 16.4. The van der Waals surface area contributed by atoms with Crippen molar-refractivity contribution in [1.82, 2.24) is 14.7 Å². The summed E-state index contributed by atoms with van der Waals surface area (Å²) in [6.07, 6.45) is 2.18. The monoisotopic (exact) mass is 293 g/mol. The molecule has 1 aromatic heterocycles. The Hall–Kier alpha value is -2.05. The van der Waals surface area contributed by atoms with Gasteiger partial charge in [-0.15, -0.1) is 0 Å². The molecule has 1 fully saturated rings. The van der Waals surface area contributed by atoms with Crippen molar-refractivity contribution < 1.29 is 10.0 Å². The first-order valence-electron chi connectivity index (χ1n) is 7.21. The average Bonchev–Trinajstić information content (AvgIpc) is 2.87. The second kappa shape index (κ2) is 5.75. The molecule has 1 aliphatic heterocycles. The molecule has 0 aromatic carbocycles. The molecule has 0 radical (unpaired) electrons. The maximum absolute atomic E-state index is 12.6. The molecule has 0 bridgehead atoms. The molecule has 1 amide bonds. The lowest BCUT2D eigenvalue weighted by Crippen LogP contribution is -2.47. The van der Waals surface area contributed by atoms with Crippen LogP contribution in [0.4, 0.5) is 0 Å². The van der Waals surface area contributed by atoms with Gasteiger partial charge in [-0.2, -0.15) is 5.10 Å². The minimum Gasteiger partial charge on any atom is -0.409 e. The maximum Gasteiger partial charge on any atom is 0.272 e. The van der Waals surface area contributed by atoms with E-state index in [4.69, 9.17) is 10.9 Å². The quantitative estimate of drug-likeness (QED) is 0.375. The van der Waals surface area contributed by atoms with Crippen molar-refractivity contribution in [3.8, 4) is 0 Å². The molecule has 7 nitrogen and oxygen atoms in total. The van der Waals surface area contributed by atoms with Gasteiger partial charge in [0.1, 0.15) is 11.5 Å². The van der Waals surface area contributed by atoms with E-state index in [2.05, 4.69) is 10.3 Å². The number of aryl methyl sites for hydroxylation is 2. The Bertz CT molecular complexity index is 556. The number of nitrogens with two attached hydrogens (primary N) is 1. The van der Waals surface area contributed by atoms with Crippen molar-refractivity contribution in [3.05, 3.63) is 17.5 Å². The number of carbonyl (C=O) groups is 1. The van der Waals surface area contributed by atoms with E-state index < -0.39 is 0 Å². The van der Waals surface area contributed by atoms with E-state index in [1.807, 2.05) is 24.8 Å². The summed E-state index contributed by atoms with van der Waals surface area (Å²) in [7, 11) is 1.79. The minimum atomic E-state index is -0.341. The number of nitrogens with zero attached hydrogens (tertiary/aromatic N) is 4. The van der Waals surface area contributed by atoms with E-state index in [0.717, 1.165) is 12.1 Å². The minimum absolute atomic E-state index is 0.00809. The Labute approximate surface area is 124 Å². The Morgan fingerprint density at radius 3 is 2.62 bits per heavy atom. The van der Waals surface area contributed by atoms with Crippen LogP contribution in [-0.4, -0.2) is 44.7 Å². The van der Waals surface area contributed by atoms with Gasteiger partial charge in [0.15, 0.2) is 0 Å². The van der Waals surface area contributed by atoms with Crippen molar-refractivity contribution in [3.63, 3.8) is 0 Å². The Morgan fingerprint density at radius 1 is 1.52 bits per heavy atom. The first-order valence-corrected chi connectivity index (χ1v) is 7.21. The van der Waals surface area contributed by atoms with Crippen molar-refractivity contribution >= 4 is 11.7 Å². The molecule has 2 heterocycles. The van der Waals surface area contributed by atoms with E-state index in [1.165, 1.54) is 0 Å². The first-order chi connectivity index (χ1) is 9.91. The second-order valence-electron chi connectivity index (χ2n) is 5.84. The molecule has 0 unspecified atom stereocenters. The van der Waals surface area contributed by atoms with Gasteiger partial charge in [0.2, 0.25) is 0 Å². The number of piperidine rings is 1. The first kappa shape index (κ1) is 15.3. The predicted octanol–water partition coefficient (Wildman–Crippen LogP) is 0.971. The molecule has 0 atom stereocenters. The van der Waals surface area contributed by atoms with Crippen LogP contribution in [0.25, 0.3) is 0 Å². The number of hydrogen-bond donors (Lipinski definition) is 2. The molecule has 3 N–H and O–H groups in total. The lowest BCUT2D eigenvalue weighted by atomic mass is 9.79. The fourth-order valence-corrected chi connectivity index (χ4v) is 2.64. The largest absolute Gasteiger partial charge is 0.409 e. The zero-order chi connectivity index (χ0) is 15.6. The summed E-state index contributed by atoms with van der Waals surface area (Å²) < 4.78 is 1.64. The summed E-state index contributed by atoms with van der Waals surface area (Å²) in [5.74, 6) is 0.231. The Balaban J connectivity index is 2.08. The average molecular weight is 293 g/mol. The normalized spacial score (nSPS) is 18.8. The van der Waals surface area contributed by atoms with Gasteiger partial charge in [0, 0.05) is 25.6 Å². The third-order valence-corrected chi connectivity index (χ3v) is 4.39. The predicted molar refractivity (Wildman–Crippen MR) is 79.2 cm³/mol. The third-order valence-electron chi connectivity index (χ3n) is 4.39. The third kappa shape index (κ3) is 2.86. The summed E-state index contributed by atoms with van der Waals surface area (Å²) in [5.41, 5.74) is 6.93. The van der Waals surface area contributed by atoms with Gasteiger partial charge >= 0.3 is 0 Å². The van der Waals surface area contributed by atoms with Crippen LogP contribution in [-0.2, 0) is 13.5 Å². The van der Waals surface area contributed by atoms with Gasteiger partial charge in [-0.1, -0.05) is 19.0 Å². The smallest absolute Gasteiger partial charge is 0.272 e. The highest BCUT2D eigenvalue weighted by Crippen LogP contribution is 2.31. The molecule has 7 heteroatoms. The van der Waals surface area contributed by atoms with Crippen molar-refractivity contribution in [2.24, 2.45) is 23.4 Å². The van der Waals surface area contributed by atoms with Gasteiger partial charge in [-0.25, -0.2) is 0 Å². The van der Waals surface area contributed by atoms with Crippen molar-refractivity contribution in [2.75, 3.05) is 13.1 Å². The number of likely N-dealkylation sites (tertiary alicyclic amines) is 1. The van der Waals surface area contributed by atoms with Crippen LogP contribution in [0, 0.1) is 5.41 Å². The summed E-state index contributed by atoms with van der Waals surface area (Å²) in [5, 5.41) is 16.3. The number of rotatable bonds is 3. The Morgan fingerprint density at radius 2 is 2.14 bits per heavy atom. The number of aromatic nitrogens is 2. The number of oxime groups is 1. The molecule has 116 valence electrons. The van der Waals surface area contributed by atoms with Gasteiger partial charge in [-0.05, 0) is 25.3 Å². The van der Waals surface area contributed by atoms with Gasteiger partial charge in [-0.3, -0.25) is 9.48 Å². The van der Waals surface area contributed by atoms with Gasteiger partial charge in [0.05, 0.1) is 5.69 Å². The van der Waals surface area contributed by atoms with Gasteiger partial charge in [0.25, 0.3) is 5.91 Å². The fraction of sp³-hybridized carbons (Fsp3) is 0.643. The lowest BCUT2D eigenvalue weighted by molar-refractivity contribution is 0.0655. The molecule has 1 aliphatic rings. The van der Waals surface area contributed by atoms with Crippen molar-refractivity contribution in [2.45, 2.75) is 33.1 Å². The van der Waals surface area contributed by atoms with Crippen LogP contribution in [0.2, 0.25) is 0 Å². The summed E-state index contributed by atoms with van der Waals surface area (Å²) in [6.45, 7) is 5.17. The molecule has 1 saturated heterocycles. The van der Waals surface area contributed by atoms with Crippen LogP contribution < -0.4 is 5.73 Å². The van der Waals surface area contributed by atoms with E-state index in [1.54, 1.807) is 11.7 Å². The number of amidine groups is 1. The van der Waals surface area contributed by atoms with Gasteiger partial charge < -0.3 is 15.8 Å². The van der Waals surface area contributed by atoms with Crippen LogP contribution >= 0.6 is 0 Å². The molecular weight excluding hydrogens is 270 g/mol. The van der Waals surface area contributed by atoms with E-state index >= 15 is 0 Å². The van der Waals surface area contributed by atoms with E-state index in [-0.39, 0.29) is 17.2 Å². The molecular formula is C14H23N5O2. The van der Waals surface area contributed by atoms with E-state index in [9.17, 15) is 4.79 Å². The number of amides is 1. The molecule has 0 spiro atoms. The number of carbonyl (C=O) groups excluding carboxylic acids is 1. The summed E-state index contributed by atoms with van der Waals surface area (Å²) in [6, 6.07) is 1.85. The molecule has 1 aromatic rings. The van der Waals surface area contributed by atoms with Crippen LogP contribution in [0.15, 0.2) is 11.2 Å². The van der Waals surface area contributed by atoms with Crippen LogP contribution in [0.3, 0.4) is 0 Å². The second-order valence-corrected chi connectivity index (χ2v) is 5.84. The topological polar surface area (TPSA) is 96.7 Å². The highest BCUT2D eigenvalue weighted by molar-refractivity contribution is 5.93. The summed E-state index contributed by atoms with van der Waals surface area (Å²) in [4.78, 5) is 14.4. The Kier molecular flexibility index (Phi) is 4.20. The van der Waals surface area contributed by atoms with E-state index in [0.29, 0.717) is 31.6 Å². The highest BCUT2D eigenvalue weighted by Gasteiger charge is 2.36. The number of hydrogen-bond acceptors (Lipinski definition) is 4.